The average Bonchev–Trinajstić information content (AvgIpc) is 2.54. The summed E-state index contributed by atoms with van der Waals surface area (Å²) in [6.07, 6.45) is 8.51. The molecule has 1 saturated heterocycles. The van der Waals surface area contributed by atoms with E-state index in [-0.39, 0.29) is 0 Å². The van der Waals surface area contributed by atoms with E-state index in [0.29, 0.717) is 0 Å². The molecule has 2 atom stereocenters. The van der Waals surface area contributed by atoms with Crippen LogP contribution in [0.1, 0.15) is 58.8 Å². The Balaban J connectivity index is 2.35. The monoisotopic (exact) mass is 237 g/mol. The second-order valence-corrected chi connectivity index (χ2v) is 5.58. The van der Waals surface area contributed by atoms with Crippen LogP contribution in [-0.2, 0) is 0 Å². The molecule has 1 aliphatic rings. The van der Waals surface area contributed by atoms with Crippen LogP contribution in [0.4, 0.5) is 0 Å². The minimum atomic E-state index is -0.645. The molecule has 0 aliphatic carbocycles. The Labute approximate surface area is 106 Å². The van der Waals surface area contributed by atoms with Gasteiger partial charge in [0.2, 0.25) is 0 Å². The van der Waals surface area contributed by atoms with E-state index in [0.717, 1.165) is 25.4 Å². The van der Waals surface area contributed by atoms with Gasteiger partial charge in [-0.1, -0.05) is 19.8 Å². The second kappa shape index (κ2) is 6.98. The predicted molar refractivity (Wildman–Crippen MR) is 71.6 cm³/mol. The van der Waals surface area contributed by atoms with E-state index in [1.54, 1.807) is 0 Å². The van der Waals surface area contributed by atoms with Gasteiger partial charge in [0.25, 0.3) is 0 Å². The summed E-state index contributed by atoms with van der Waals surface area (Å²) >= 11 is 0. The van der Waals surface area contributed by atoms with E-state index in [9.17, 15) is 0 Å². The molecule has 1 fully saturated rings. The summed E-state index contributed by atoms with van der Waals surface area (Å²) in [5, 5.41) is 8.89. The maximum Gasteiger partial charge on any atom is 0.101 e. The van der Waals surface area contributed by atoms with Crippen LogP contribution in [0.5, 0.6) is 0 Å². The number of hydrogen-bond acceptors (Lipinski definition) is 3. The lowest BCUT2D eigenvalue weighted by Gasteiger charge is -2.29. The molecule has 3 heteroatoms. The number of nitriles is 1. The molecule has 0 radical (unpaired) electrons. The Morgan fingerprint density at radius 3 is 2.82 bits per heavy atom. The van der Waals surface area contributed by atoms with Crippen molar-refractivity contribution in [3.05, 3.63) is 0 Å². The SMILES string of the molecule is CCC1CCCCCN1CCCC(C)(N)C#N. The molecule has 3 nitrogen and oxygen atoms in total. The summed E-state index contributed by atoms with van der Waals surface area (Å²) < 4.78 is 0. The summed E-state index contributed by atoms with van der Waals surface area (Å²) in [4.78, 5) is 2.61. The molecule has 0 amide bonds. The van der Waals surface area contributed by atoms with E-state index in [2.05, 4.69) is 17.9 Å². The van der Waals surface area contributed by atoms with E-state index in [4.69, 9.17) is 11.0 Å². The zero-order chi connectivity index (χ0) is 12.7. The fourth-order valence-corrected chi connectivity index (χ4v) is 2.70. The van der Waals surface area contributed by atoms with Gasteiger partial charge in [-0.25, -0.2) is 0 Å². The van der Waals surface area contributed by atoms with Crippen molar-refractivity contribution < 1.29 is 0 Å². The first-order valence-electron chi connectivity index (χ1n) is 7.03. The number of rotatable bonds is 5. The van der Waals surface area contributed by atoms with Crippen LogP contribution in [0, 0.1) is 11.3 Å². The van der Waals surface area contributed by atoms with Gasteiger partial charge in [0, 0.05) is 6.04 Å². The van der Waals surface area contributed by atoms with Crippen LogP contribution in [0.3, 0.4) is 0 Å². The Hall–Kier alpha value is -0.590. The van der Waals surface area contributed by atoms with Gasteiger partial charge in [-0.05, 0) is 52.1 Å². The molecule has 1 heterocycles. The second-order valence-electron chi connectivity index (χ2n) is 5.58. The van der Waals surface area contributed by atoms with Gasteiger partial charge in [-0.2, -0.15) is 5.26 Å². The highest BCUT2D eigenvalue weighted by molar-refractivity contribution is 5.00. The highest BCUT2D eigenvalue weighted by Gasteiger charge is 2.21. The van der Waals surface area contributed by atoms with Crippen LogP contribution < -0.4 is 5.73 Å². The van der Waals surface area contributed by atoms with Crippen LogP contribution >= 0.6 is 0 Å². The molecule has 2 unspecified atom stereocenters. The van der Waals surface area contributed by atoms with Crippen molar-refractivity contribution in [2.45, 2.75) is 70.4 Å². The van der Waals surface area contributed by atoms with Gasteiger partial charge in [-0.3, -0.25) is 0 Å². The number of likely N-dealkylation sites (tertiary alicyclic amines) is 1. The zero-order valence-electron chi connectivity index (χ0n) is 11.4. The van der Waals surface area contributed by atoms with Crippen LogP contribution in [0.15, 0.2) is 0 Å². The van der Waals surface area contributed by atoms with Crippen molar-refractivity contribution in [3.8, 4) is 6.07 Å². The quantitative estimate of drug-likeness (QED) is 0.800. The predicted octanol–water partition coefficient (Wildman–Crippen LogP) is 2.66. The highest BCUT2D eigenvalue weighted by Crippen LogP contribution is 2.20. The Bertz CT molecular complexity index is 255. The zero-order valence-corrected chi connectivity index (χ0v) is 11.4. The van der Waals surface area contributed by atoms with Crippen LogP contribution in [0.2, 0.25) is 0 Å². The van der Waals surface area contributed by atoms with Gasteiger partial charge in [0.15, 0.2) is 0 Å². The largest absolute Gasteiger partial charge is 0.314 e. The molecule has 0 bridgehead atoms. The van der Waals surface area contributed by atoms with Gasteiger partial charge < -0.3 is 10.6 Å². The molecule has 1 aliphatic heterocycles. The maximum atomic E-state index is 8.89. The van der Waals surface area contributed by atoms with Gasteiger partial charge in [0.05, 0.1) is 6.07 Å². The molecule has 1 rings (SSSR count). The third-order valence-corrected chi connectivity index (χ3v) is 3.87. The summed E-state index contributed by atoms with van der Waals surface area (Å²) in [5.74, 6) is 0. The standard InChI is InChI=1S/C14H27N3/c1-3-13-8-5-4-6-10-17(13)11-7-9-14(2,16)12-15/h13H,3-11,16H2,1-2H3. The minimum absolute atomic E-state index is 0.645. The topological polar surface area (TPSA) is 53.0 Å². The molecule has 0 aromatic rings. The van der Waals surface area contributed by atoms with E-state index in [1.165, 1.54) is 38.6 Å². The molecule has 2 N–H and O–H groups in total. The average molecular weight is 237 g/mol. The number of nitrogens with zero attached hydrogens (tertiary/aromatic N) is 2. The molecule has 0 aromatic carbocycles. The van der Waals surface area contributed by atoms with Gasteiger partial charge in [0.1, 0.15) is 5.54 Å². The molecular formula is C14H27N3. The lowest BCUT2D eigenvalue weighted by Crippen LogP contribution is -2.38. The van der Waals surface area contributed by atoms with Crippen molar-refractivity contribution >= 4 is 0 Å². The van der Waals surface area contributed by atoms with Gasteiger partial charge in [-0.15, -0.1) is 0 Å². The molecule has 17 heavy (non-hydrogen) atoms. The first-order valence-corrected chi connectivity index (χ1v) is 7.03. The molecular weight excluding hydrogens is 210 g/mol. The fraction of sp³-hybridized carbons (Fsp3) is 0.929. The lowest BCUT2D eigenvalue weighted by atomic mass is 9.98. The summed E-state index contributed by atoms with van der Waals surface area (Å²) in [5.41, 5.74) is 5.20. The smallest absolute Gasteiger partial charge is 0.101 e. The normalized spacial score (nSPS) is 25.9. The van der Waals surface area contributed by atoms with E-state index in [1.807, 2.05) is 6.92 Å². The lowest BCUT2D eigenvalue weighted by molar-refractivity contribution is 0.188. The third kappa shape index (κ3) is 5.06. The Morgan fingerprint density at radius 2 is 2.18 bits per heavy atom. The fourth-order valence-electron chi connectivity index (χ4n) is 2.70. The first kappa shape index (κ1) is 14.5. The van der Waals surface area contributed by atoms with Crippen LogP contribution in [-0.4, -0.2) is 29.6 Å². The van der Waals surface area contributed by atoms with Crippen molar-refractivity contribution in [2.24, 2.45) is 5.73 Å². The highest BCUT2D eigenvalue weighted by atomic mass is 15.1. The van der Waals surface area contributed by atoms with Crippen molar-refractivity contribution in [1.82, 2.24) is 4.90 Å². The van der Waals surface area contributed by atoms with E-state index >= 15 is 0 Å². The Kier molecular flexibility index (Phi) is 5.94. The van der Waals surface area contributed by atoms with Crippen molar-refractivity contribution in [1.29, 1.82) is 5.26 Å². The van der Waals surface area contributed by atoms with Crippen molar-refractivity contribution in [2.75, 3.05) is 13.1 Å². The first-order chi connectivity index (χ1) is 8.09. The van der Waals surface area contributed by atoms with Crippen LogP contribution in [0.25, 0.3) is 0 Å². The Morgan fingerprint density at radius 1 is 1.41 bits per heavy atom. The molecule has 0 aromatic heterocycles. The van der Waals surface area contributed by atoms with Crippen molar-refractivity contribution in [3.63, 3.8) is 0 Å². The summed E-state index contributed by atoms with van der Waals surface area (Å²) in [6.45, 7) is 6.44. The third-order valence-electron chi connectivity index (χ3n) is 3.87. The maximum absolute atomic E-state index is 8.89. The van der Waals surface area contributed by atoms with Gasteiger partial charge >= 0.3 is 0 Å². The number of hydrogen-bond donors (Lipinski definition) is 1. The minimum Gasteiger partial charge on any atom is -0.314 e. The summed E-state index contributed by atoms with van der Waals surface area (Å²) in [6, 6.07) is 2.93. The molecule has 0 saturated carbocycles. The molecule has 98 valence electrons. The number of nitrogens with two attached hydrogens (primary N) is 1. The van der Waals surface area contributed by atoms with E-state index < -0.39 is 5.54 Å². The summed E-state index contributed by atoms with van der Waals surface area (Å²) in [7, 11) is 0. The molecule has 0 spiro atoms.